The molecule has 15 heavy (non-hydrogen) atoms. The van der Waals surface area contributed by atoms with E-state index in [9.17, 15) is 0 Å². The van der Waals surface area contributed by atoms with Crippen LogP contribution >= 0.6 is 11.6 Å². The van der Waals surface area contributed by atoms with Crippen LogP contribution < -0.4 is 10.1 Å². The van der Waals surface area contributed by atoms with Crippen LogP contribution in [0.1, 0.15) is 26.2 Å². The van der Waals surface area contributed by atoms with Crippen LogP contribution in [-0.2, 0) is 0 Å². The SMILES string of the molecule is CCCCCNc1nc(OC)ncc1Cl. The van der Waals surface area contributed by atoms with E-state index >= 15 is 0 Å². The molecule has 0 atom stereocenters. The van der Waals surface area contributed by atoms with Crippen LogP contribution in [0.5, 0.6) is 6.01 Å². The van der Waals surface area contributed by atoms with Crippen LogP contribution in [-0.4, -0.2) is 23.6 Å². The summed E-state index contributed by atoms with van der Waals surface area (Å²) in [7, 11) is 1.53. The molecule has 5 heteroatoms. The zero-order chi connectivity index (χ0) is 11.1. The topological polar surface area (TPSA) is 47.0 Å². The van der Waals surface area contributed by atoms with E-state index in [0.717, 1.165) is 13.0 Å². The molecule has 0 fully saturated rings. The second-order valence-electron chi connectivity index (χ2n) is 3.19. The summed E-state index contributed by atoms with van der Waals surface area (Å²) in [4.78, 5) is 8.01. The van der Waals surface area contributed by atoms with Crippen LogP contribution in [0.3, 0.4) is 0 Å². The molecule has 0 radical (unpaired) electrons. The second-order valence-corrected chi connectivity index (χ2v) is 3.59. The number of hydrogen-bond acceptors (Lipinski definition) is 4. The molecule has 0 aliphatic carbocycles. The number of unbranched alkanes of at least 4 members (excludes halogenated alkanes) is 2. The summed E-state index contributed by atoms with van der Waals surface area (Å²) in [6.07, 6.45) is 5.05. The first-order chi connectivity index (χ1) is 7.27. The maximum absolute atomic E-state index is 5.92. The zero-order valence-corrected chi connectivity index (χ0v) is 9.84. The summed E-state index contributed by atoms with van der Waals surface area (Å²) in [6, 6.07) is 0.331. The Labute approximate surface area is 95.0 Å². The van der Waals surface area contributed by atoms with Gasteiger partial charge in [0.1, 0.15) is 5.02 Å². The molecule has 84 valence electrons. The molecule has 0 aliphatic heterocycles. The van der Waals surface area contributed by atoms with E-state index in [0.29, 0.717) is 16.9 Å². The Kier molecular flexibility index (Phi) is 5.18. The van der Waals surface area contributed by atoms with Gasteiger partial charge in [-0.2, -0.15) is 4.98 Å². The van der Waals surface area contributed by atoms with Gasteiger partial charge in [-0.15, -0.1) is 0 Å². The number of halogens is 1. The quantitative estimate of drug-likeness (QED) is 0.762. The fourth-order valence-corrected chi connectivity index (χ4v) is 1.31. The van der Waals surface area contributed by atoms with Gasteiger partial charge >= 0.3 is 6.01 Å². The van der Waals surface area contributed by atoms with E-state index in [-0.39, 0.29) is 0 Å². The van der Waals surface area contributed by atoms with Crippen molar-refractivity contribution >= 4 is 17.4 Å². The number of rotatable bonds is 6. The van der Waals surface area contributed by atoms with E-state index in [1.165, 1.54) is 26.1 Å². The molecule has 1 N–H and O–H groups in total. The number of methoxy groups -OCH3 is 1. The number of nitrogens with zero attached hydrogens (tertiary/aromatic N) is 2. The Hall–Kier alpha value is -1.03. The van der Waals surface area contributed by atoms with Gasteiger partial charge in [-0.1, -0.05) is 31.4 Å². The first kappa shape index (κ1) is 12.0. The van der Waals surface area contributed by atoms with Crippen molar-refractivity contribution in [3.8, 4) is 6.01 Å². The number of aromatic nitrogens is 2. The number of ether oxygens (including phenoxy) is 1. The molecule has 1 rings (SSSR count). The first-order valence-corrected chi connectivity index (χ1v) is 5.46. The van der Waals surface area contributed by atoms with Crippen LogP contribution in [0, 0.1) is 0 Å². The minimum atomic E-state index is 0.331. The van der Waals surface area contributed by atoms with Gasteiger partial charge in [0, 0.05) is 6.54 Å². The Morgan fingerprint density at radius 1 is 1.47 bits per heavy atom. The van der Waals surface area contributed by atoms with E-state index in [1.54, 1.807) is 0 Å². The highest BCUT2D eigenvalue weighted by Gasteiger charge is 2.04. The van der Waals surface area contributed by atoms with Gasteiger partial charge in [-0.05, 0) is 6.42 Å². The summed E-state index contributed by atoms with van der Waals surface area (Å²) in [6.45, 7) is 3.04. The van der Waals surface area contributed by atoms with Crippen molar-refractivity contribution in [2.24, 2.45) is 0 Å². The molecule has 1 heterocycles. The van der Waals surface area contributed by atoms with Gasteiger partial charge in [0.15, 0.2) is 5.82 Å². The average Bonchev–Trinajstić information content (AvgIpc) is 2.26. The Bertz CT molecular complexity index is 307. The molecule has 4 nitrogen and oxygen atoms in total. The lowest BCUT2D eigenvalue weighted by molar-refractivity contribution is 0.380. The summed E-state index contributed by atoms with van der Waals surface area (Å²) < 4.78 is 4.92. The molecule has 0 aliphatic rings. The first-order valence-electron chi connectivity index (χ1n) is 5.08. The highest BCUT2D eigenvalue weighted by molar-refractivity contribution is 6.32. The van der Waals surface area contributed by atoms with Gasteiger partial charge in [-0.3, -0.25) is 0 Å². The third-order valence-corrected chi connectivity index (χ3v) is 2.25. The average molecular weight is 230 g/mol. The van der Waals surface area contributed by atoms with Crippen molar-refractivity contribution < 1.29 is 4.74 Å². The van der Waals surface area contributed by atoms with Gasteiger partial charge in [0.2, 0.25) is 0 Å². The lowest BCUT2D eigenvalue weighted by Crippen LogP contribution is -2.05. The molecule has 1 aromatic heterocycles. The summed E-state index contributed by atoms with van der Waals surface area (Å²) >= 11 is 5.92. The van der Waals surface area contributed by atoms with Crippen LogP contribution in [0.4, 0.5) is 5.82 Å². The van der Waals surface area contributed by atoms with E-state index in [1.807, 2.05) is 0 Å². The van der Waals surface area contributed by atoms with Gasteiger partial charge in [0.25, 0.3) is 0 Å². The molecule has 1 aromatic rings. The molecule has 0 bridgehead atoms. The summed E-state index contributed by atoms with van der Waals surface area (Å²) in [5.74, 6) is 0.639. The molecule has 0 spiro atoms. The monoisotopic (exact) mass is 229 g/mol. The maximum atomic E-state index is 5.92. The van der Waals surface area contributed by atoms with E-state index in [2.05, 4.69) is 22.2 Å². The Morgan fingerprint density at radius 3 is 2.93 bits per heavy atom. The van der Waals surface area contributed by atoms with Crippen molar-refractivity contribution in [3.63, 3.8) is 0 Å². The smallest absolute Gasteiger partial charge is 0.318 e. The van der Waals surface area contributed by atoms with Crippen molar-refractivity contribution in [2.45, 2.75) is 26.2 Å². The molecule has 0 aromatic carbocycles. The summed E-state index contributed by atoms with van der Waals surface area (Å²) in [5, 5.41) is 3.68. The normalized spacial score (nSPS) is 10.1. The third-order valence-electron chi connectivity index (χ3n) is 1.98. The number of hydrogen-bond donors (Lipinski definition) is 1. The molecular formula is C10H16ClN3O. The standard InChI is InChI=1S/C10H16ClN3O/c1-3-4-5-6-12-9-8(11)7-13-10(14-9)15-2/h7H,3-6H2,1-2H3,(H,12,13,14). The zero-order valence-electron chi connectivity index (χ0n) is 9.09. The molecule has 0 saturated carbocycles. The molecule has 0 saturated heterocycles. The predicted octanol–water partition coefficient (Wildman–Crippen LogP) is 2.74. The fraction of sp³-hybridized carbons (Fsp3) is 0.600. The highest BCUT2D eigenvalue weighted by atomic mass is 35.5. The van der Waals surface area contributed by atoms with Crippen LogP contribution in [0.2, 0.25) is 5.02 Å². The molecule has 0 amide bonds. The van der Waals surface area contributed by atoms with Crippen LogP contribution in [0.25, 0.3) is 0 Å². The van der Waals surface area contributed by atoms with E-state index < -0.39 is 0 Å². The van der Waals surface area contributed by atoms with Crippen molar-refractivity contribution in [1.29, 1.82) is 0 Å². The second kappa shape index (κ2) is 6.45. The minimum Gasteiger partial charge on any atom is -0.467 e. The lowest BCUT2D eigenvalue weighted by atomic mass is 10.2. The van der Waals surface area contributed by atoms with Gasteiger partial charge in [-0.25, -0.2) is 4.98 Å². The number of anilines is 1. The van der Waals surface area contributed by atoms with Crippen LogP contribution in [0.15, 0.2) is 6.20 Å². The largest absolute Gasteiger partial charge is 0.467 e. The third kappa shape index (κ3) is 3.91. The lowest BCUT2D eigenvalue weighted by Gasteiger charge is -2.07. The fourth-order valence-electron chi connectivity index (χ4n) is 1.16. The van der Waals surface area contributed by atoms with Crippen molar-refractivity contribution in [3.05, 3.63) is 11.2 Å². The molecule has 0 unspecified atom stereocenters. The Morgan fingerprint density at radius 2 is 2.27 bits per heavy atom. The molecular weight excluding hydrogens is 214 g/mol. The van der Waals surface area contributed by atoms with Crippen molar-refractivity contribution in [1.82, 2.24) is 9.97 Å². The maximum Gasteiger partial charge on any atom is 0.318 e. The minimum absolute atomic E-state index is 0.331. The Balaban J connectivity index is 2.51. The predicted molar refractivity (Wildman–Crippen MR) is 61.6 cm³/mol. The van der Waals surface area contributed by atoms with Gasteiger partial charge in [0.05, 0.1) is 13.3 Å². The highest BCUT2D eigenvalue weighted by Crippen LogP contribution is 2.19. The van der Waals surface area contributed by atoms with Gasteiger partial charge < -0.3 is 10.1 Å². The summed E-state index contributed by atoms with van der Waals surface area (Å²) in [5.41, 5.74) is 0. The van der Waals surface area contributed by atoms with E-state index in [4.69, 9.17) is 16.3 Å². The van der Waals surface area contributed by atoms with Crippen molar-refractivity contribution in [2.75, 3.05) is 19.0 Å². The number of nitrogens with one attached hydrogen (secondary N) is 1.